The number of nitrogens with zero attached hydrogens (tertiary/aromatic N) is 3. The zero-order valence-corrected chi connectivity index (χ0v) is 15.6. The van der Waals surface area contributed by atoms with Gasteiger partial charge in [0.1, 0.15) is 17.2 Å². The van der Waals surface area contributed by atoms with Crippen LogP contribution in [0.25, 0.3) is 11.5 Å². The molecule has 0 fully saturated rings. The molecule has 4 rings (SSSR count). The van der Waals surface area contributed by atoms with Crippen molar-refractivity contribution in [3.05, 3.63) is 88.2 Å². The molecule has 0 amide bonds. The number of benzene rings is 2. The minimum Gasteiger partial charge on any atom is -0.508 e. The summed E-state index contributed by atoms with van der Waals surface area (Å²) >= 11 is 1.46. The summed E-state index contributed by atoms with van der Waals surface area (Å²) in [5, 5.41) is 25.9. The summed E-state index contributed by atoms with van der Waals surface area (Å²) in [6, 6.07) is 18.0. The molecule has 2 heterocycles. The van der Waals surface area contributed by atoms with E-state index in [2.05, 4.69) is 10.1 Å². The predicted octanol–water partition coefficient (Wildman–Crippen LogP) is 4.20. The van der Waals surface area contributed by atoms with E-state index >= 15 is 0 Å². The van der Waals surface area contributed by atoms with E-state index in [9.17, 15) is 10.2 Å². The van der Waals surface area contributed by atoms with Crippen LogP contribution in [0.1, 0.15) is 11.1 Å². The molecule has 6 nitrogen and oxygen atoms in total. The summed E-state index contributed by atoms with van der Waals surface area (Å²) in [5.41, 5.74) is 2.34. The van der Waals surface area contributed by atoms with Gasteiger partial charge in [-0.3, -0.25) is 4.99 Å². The third-order valence-corrected chi connectivity index (χ3v) is 4.88. The number of hydrogen-bond donors (Lipinski definition) is 2. The Morgan fingerprint density at radius 3 is 2.64 bits per heavy atom. The van der Waals surface area contributed by atoms with Crippen molar-refractivity contribution in [2.75, 3.05) is 0 Å². The topological polar surface area (TPSA) is 83.2 Å². The van der Waals surface area contributed by atoms with Crippen molar-refractivity contribution in [2.24, 2.45) is 10.1 Å². The van der Waals surface area contributed by atoms with Gasteiger partial charge in [-0.05, 0) is 29.8 Å². The molecule has 0 aliphatic heterocycles. The number of aromatic hydroxyl groups is 2. The minimum atomic E-state index is -0.0538. The summed E-state index contributed by atoms with van der Waals surface area (Å²) < 4.78 is 7.19. The molecule has 2 aromatic carbocycles. The molecule has 0 aliphatic carbocycles. The molecule has 0 spiro atoms. The zero-order chi connectivity index (χ0) is 19.3. The van der Waals surface area contributed by atoms with Gasteiger partial charge in [0.15, 0.2) is 5.76 Å². The lowest BCUT2D eigenvalue weighted by molar-refractivity contribution is 0.450. The first-order valence-corrected chi connectivity index (χ1v) is 9.44. The van der Waals surface area contributed by atoms with Gasteiger partial charge in [-0.15, -0.1) is 11.3 Å². The van der Waals surface area contributed by atoms with Crippen molar-refractivity contribution in [1.29, 1.82) is 0 Å². The van der Waals surface area contributed by atoms with E-state index in [0.29, 0.717) is 22.7 Å². The molecule has 0 atom stereocenters. The van der Waals surface area contributed by atoms with E-state index in [4.69, 9.17) is 4.42 Å². The van der Waals surface area contributed by atoms with Crippen molar-refractivity contribution in [3.8, 4) is 23.0 Å². The number of phenols is 2. The lowest BCUT2D eigenvalue weighted by Gasteiger charge is -2.02. The van der Waals surface area contributed by atoms with Crippen LogP contribution in [0.4, 0.5) is 0 Å². The molecule has 0 bridgehead atoms. The molecule has 4 aromatic rings. The van der Waals surface area contributed by atoms with E-state index in [1.807, 2.05) is 47.8 Å². The van der Waals surface area contributed by atoms with Gasteiger partial charge >= 0.3 is 0 Å². The van der Waals surface area contributed by atoms with Crippen LogP contribution in [0.15, 0.2) is 86.8 Å². The van der Waals surface area contributed by atoms with Crippen LogP contribution in [-0.2, 0) is 6.54 Å². The van der Waals surface area contributed by atoms with Crippen LogP contribution < -0.4 is 4.80 Å². The SMILES string of the molecule is Oc1ccc(C=Nn2c(-c3ccco3)csc2=NCc2ccccc2)c(O)c1. The van der Waals surface area contributed by atoms with Crippen LogP contribution in [-0.4, -0.2) is 21.1 Å². The first-order chi connectivity index (χ1) is 13.7. The fourth-order valence-electron chi connectivity index (χ4n) is 2.62. The third-order valence-electron chi connectivity index (χ3n) is 4.02. The standard InChI is InChI=1S/C21H17N3O3S/c25-17-9-8-16(19(26)11-17)13-23-24-18(20-7-4-10-27-20)14-28-21(24)22-12-15-5-2-1-3-6-15/h1-11,13-14,25-26H,12H2. The molecule has 140 valence electrons. The van der Waals surface area contributed by atoms with E-state index in [-0.39, 0.29) is 11.5 Å². The zero-order valence-electron chi connectivity index (χ0n) is 14.8. The molecular formula is C21H17N3O3S. The van der Waals surface area contributed by atoms with E-state index < -0.39 is 0 Å². The summed E-state index contributed by atoms with van der Waals surface area (Å²) in [6.45, 7) is 0.527. The average molecular weight is 391 g/mol. The van der Waals surface area contributed by atoms with Crippen molar-refractivity contribution in [3.63, 3.8) is 0 Å². The molecule has 0 saturated carbocycles. The molecule has 2 N–H and O–H groups in total. The lowest BCUT2D eigenvalue weighted by atomic mass is 10.2. The minimum absolute atomic E-state index is 0.00680. The monoisotopic (exact) mass is 391 g/mol. The summed E-state index contributed by atoms with van der Waals surface area (Å²) in [4.78, 5) is 5.38. The van der Waals surface area contributed by atoms with Gasteiger partial charge < -0.3 is 14.6 Å². The van der Waals surface area contributed by atoms with Gasteiger partial charge in [0, 0.05) is 17.0 Å². The number of thiazole rings is 1. The number of aromatic nitrogens is 1. The second-order valence-electron chi connectivity index (χ2n) is 5.98. The lowest BCUT2D eigenvalue weighted by Crippen LogP contribution is -2.12. The van der Waals surface area contributed by atoms with Gasteiger partial charge in [-0.2, -0.15) is 5.10 Å². The fourth-order valence-corrected chi connectivity index (χ4v) is 3.43. The first kappa shape index (κ1) is 17.8. The molecule has 2 aromatic heterocycles. The maximum absolute atomic E-state index is 9.99. The summed E-state index contributed by atoms with van der Waals surface area (Å²) in [7, 11) is 0. The van der Waals surface area contributed by atoms with Gasteiger partial charge in [0.25, 0.3) is 0 Å². The molecule has 0 unspecified atom stereocenters. The first-order valence-electron chi connectivity index (χ1n) is 8.56. The highest BCUT2D eigenvalue weighted by Gasteiger charge is 2.10. The normalized spacial score (nSPS) is 12.1. The van der Waals surface area contributed by atoms with Gasteiger partial charge in [0.05, 0.1) is 19.0 Å². The third kappa shape index (κ3) is 3.89. The Morgan fingerprint density at radius 2 is 1.89 bits per heavy atom. The maximum atomic E-state index is 9.99. The second kappa shape index (κ2) is 7.98. The van der Waals surface area contributed by atoms with Gasteiger partial charge in [-0.25, -0.2) is 4.68 Å². The van der Waals surface area contributed by atoms with Crippen LogP contribution in [0, 0.1) is 0 Å². The van der Waals surface area contributed by atoms with Crippen LogP contribution in [0.2, 0.25) is 0 Å². The Morgan fingerprint density at radius 1 is 1.04 bits per heavy atom. The Balaban J connectivity index is 1.74. The number of rotatable bonds is 5. The smallest absolute Gasteiger partial charge is 0.206 e. The van der Waals surface area contributed by atoms with E-state index in [0.717, 1.165) is 11.3 Å². The van der Waals surface area contributed by atoms with Crippen LogP contribution in [0.5, 0.6) is 11.5 Å². The fraction of sp³-hybridized carbons (Fsp3) is 0.0476. The summed E-state index contributed by atoms with van der Waals surface area (Å²) in [6.07, 6.45) is 3.13. The highest BCUT2D eigenvalue weighted by molar-refractivity contribution is 7.07. The highest BCUT2D eigenvalue weighted by atomic mass is 32.1. The Labute approximate surface area is 165 Å². The van der Waals surface area contributed by atoms with Crippen LogP contribution in [0.3, 0.4) is 0 Å². The Bertz CT molecular complexity index is 1160. The average Bonchev–Trinajstić information content (AvgIpc) is 3.36. The maximum Gasteiger partial charge on any atom is 0.206 e. The number of hydrogen-bond acceptors (Lipinski definition) is 6. The molecule has 7 heteroatoms. The van der Waals surface area contributed by atoms with Gasteiger partial charge in [0.2, 0.25) is 4.80 Å². The largest absolute Gasteiger partial charge is 0.508 e. The molecular weight excluding hydrogens is 374 g/mol. The Kier molecular flexibility index (Phi) is 5.07. The summed E-state index contributed by atoms with van der Waals surface area (Å²) in [5.74, 6) is 0.610. The quantitative estimate of drug-likeness (QED) is 0.500. The highest BCUT2D eigenvalue weighted by Crippen LogP contribution is 2.23. The van der Waals surface area contributed by atoms with Crippen molar-refractivity contribution < 1.29 is 14.6 Å². The molecule has 28 heavy (non-hydrogen) atoms. The number of phenolic OH excluding ortho intramolecular Hbond substituents is 2. The van der Waals surface area contributed by atoms with E-state index in [1.54, 1.807) is 17.0 Å². The Hall–Kier alpha value is -3.58. The van der Waals surface area contributed by atoms with Crippen molar-refractivity contribution in [2.45, 2.75) is 6.54 Å². The molecule has 0 radical (unpaired) electrons. The molecule has 0 saturated heterocycles. The number of furan rings is 1. The van der Waals surface area contributed by atoms with Gasteiger partial charge in [-0.1, -0.05) is 30.3 Å². The van der Waals surface area contributed by atoms with E-state index in [1.165, 1.54) is 29.7 Å². The van der Waals surface area contributed by atoms with Crippen molar-refractivity contribution in [1.82, 2.24) is 4.68 Å². The van der Waals surface area contributed by atoms with Crippen molar-refractivity contribution >= 4 is 17.6 Å². The van der Waals surface area contributed by atoms with Crippen LogP contribution >= 0.6 is 11.3 Å². The molecule has 0 aliphatic rings. The second-order valence-corrected chi connectivity index (χ2v) is 6.82. The predicted molar refractivity (Wildman–Crippen MR) is 108 cm³/mol.